The number of hydrogen-bond acceptors (Lipinski definition) is 4. The molecule has 0 saturated carbocycles. The lowest BCUT2D eigenvalue weighted by Crippen LogP contribution is -2.01. The molecule has 0 spiro atoms. The Bertz CT molecular complexity index is 1070. The van der Waals surface area contributed by atoms with E-state index in [0.717, 1.165) is 21.0 Å². The first kappa shape index (κ1) is 14.9. The minimum Gasteiger partial charge on any atom is -0.422 e. The van der Waals surface area contributed by atoms with Crippen molar-refractivity contribution >= 4 is 44.5 Å². The van der Waals surface area contributed by atoms with Gasteiger partial charge in [0.05, 0.1) is 11.1 Å². The summed E-state index contributed by atoms with van der Waals surface area (Å²) in [4.78, 5) is 24.1. The van der Waals surface area contributed by atoms with Crippen molar-refractivity contribution < 1.29 is 13.9 Å². The van der Waals surface area contributed by atoms with Gasteiger partial charge in [-0.2, -0.15) is 0 Å². The molecule has 0 saturated heterocycles. The van der Waals surface area contributed by atoms with Gasteiger partial charge in [-0.25, -0.2) is 9.59 Å². The normalized spacial score (nSPS) is 14.9. The molecule has 0 N–H and O–H groups in total. The summed E-state index contributed by atoms with van der Waals surface area (Å²) < 4.78 is 11.7. The van der Waals surface area contributed by atoms with Crippen molar-refractivity contribution in [1.82, 2.24) is 0 Å². The Labute approximate surface area is 145 Å². The Morgan fingerprint density at radius 3 is 2.54 bits per heavy atom. The van der Waals surface area contributed by atoms with Crippen LogP contribution in [0.1, 0.15) is 16.7 Å². The lowest BCUT2D eigenvalue weighted by atomic mass is 10.00. The maximum Gasteiger partial charge on any atom is 0.344 e. The van der Waals surface area contributed by atoms with Gasteiger partial charge in [0.25, 0.3) is 0 Å². The van der Waals surface area contributed by atoms with Crippen LogP contribution in [0.25, 0.3) is 22.6 Å². The fourth-order valence-corrected chi connectivity index (χ4v) is 3.08. The van der Waals surface area contributed by atoms with Crippen molar-refractivity contribution in [3.63, 3.8) is 0 Å². The van der Waals surface area contributed by atoms with Crippen molar-refractivity contribution in [3.8, 4) is 5.75 Å². The SMILES string of the molecule is Cc1cc(=O)oc2c3c(ccc12)OC(=O)/C3=C/c1ccc(Br)cc1. The molecule has 118 valence electrons. The molecule has 0 aliphatic carbocycles. The van der Waals surface area contributed by atoms with Crippen molar-refractivity contribution in [3.05, 3.63) is 74.0 Å². The van der Waals surface area contributed by atoms with Gasteiger partial charge in [0, 0.05) is 15.9 Å². The summed E-state index contributed by atoms with van der Waals surface area (Å²) >= 11 is 3.38. The number of halogens is 1. The Morgan fingerprint density at radius 1 is 1.04 bits per heavy atom. The minimum absolute atomic E-state index is 0.381. The summed E-state index contributed by atoms with van der Waals surface area (Å²) in [6.45, 7) is 1.83. The van der Waals surface area contributed by atoms with E-state index in [1.54, 1.807) is 18.2 Å². The maximum atomic E-state index is 12.3. The molecule has 4 nitrogen and oxygen atoms in total. The van der Waals surface area contributed by atoms with Crippen LogP contribution >= 0.6 is 15.9 Å². The third-order valence-electron chi connectivity index (χ3n) is 3.95. The highest BCUT2D eigenvalue weighted by Gasteiger charge is 2.30. The second-order valence-electron chi connectivity index (χ2n) is 5.56. The van der Waals surface area contributed by atoms with E-state index in [-0.39, 0.29) is 0 Å². The van der Waals surface area contributed by atoms with E-state index in [2.05, 4.69) is 15.9 Å². The number of rotatable bonds is 1. The third kappa shape index (κ3) is 2.37. The summed E-state index contributed by atoms with van der Waals surface area (Å²) in [5, 5.41) is 0.786. The summed E-state index contributed by atoms with van der Waals surface area (Å²) in [7, 11) is 0. The summed E-state index contributed by atoms with van der Waals surface area (Å²) in [5.41, 5.74) is 2.49. The zero-order valence-electron chi connectivity index (χ0n) is 12.6. The molecule has 5 heteroatoms. The van der Waals surface area contributed by atoms with Crippen LogP contribution in [-0.4, -0.2) is 5.97 Å². The molecule has 0 unspecified atom stereocenters. The molecule has 2 aromatic carbocycles. The van der Waals surface area contributed by atoms with Gasteiger partial charge in [-0.05, 0) is 48.4 Å². The predicted molar refractivity (Wildman–Crippen MR) is 94.9 cm³/mol. The van der Waals surface area contributed by atoms with Gasteiger partial charge in [-0.15, -0.1) is 0 Å². The highest BCUT2D eigenvalue weighted by molar-refractivity contribution is 9.10. The van der Waals surface area contributed by atoms with E-state index >= 15 is 0 Å². The Hall–Kier alpha value is -2.66. The van der Waals surface area contributed by atoms with E-state index in [1.165, 1.54) is 6.07 Å². The quantitative estimate of drug-likeness (QED) is 0.272. The van der Waals surface area contributed by atoms with Gasteiger partial charge in [-0.3, -0.25) is 0 Å². The van der Waals surface area contributed by atoms with E-state index in [4.69, 9.17) is 9.15 Å². The molecule has 0 fully saturated rings. The topological polar surface area (TPSA) is 56.5 Å². The molecule has 0 amide bonds. The van der Waals surface area contributed by atoms with Crippen LogP contribution in [0.15, 0.2) is 56.1 Å². The van der Waals surface area contributed by atoms with E-state index < -0.39 is 11.6 Å². The monoisotopic (exact) mass is 382 g/mol. The molecule has 0 bridgehead atoms. The first-order valence-electron chi connectivity index (χ1n) is 7.30. The first-order valence-corrected chi connectivity index (χ1v) is 8.09. The zero-order valence-corrected chi connectivity index (χ0v) is 14.2. The Balaban J connectivity index is 2.00. The largest absolute Gasteiger partial charge is 0.422 e. The van der Waals surface area contributed by atoms with Gasteiger partial charge >= 0.3 is 11.6 Å². The lowest BCUT2D eigenvalue weighted by Gasteiger charge is -2.04. The lowest BCUT2D eigenvalue weighted by molar-refractivity contribution is -0.126. The molecule has 0 atom stereocenters. The van der Waals surface area contributed by atoms with Crippen LogP contribution in [-0.2, 0) is 4.79 Å². The van der Waals surface area contributed by atoms with Gasteiger partial charge in [0.2, 0.25) is 0 Å². The fourth-order valence-electron chi connectivity index (χ4n) is 2.82. The molecule has 1 aliphatic rings. The van der Waals surface area contributed by atoms with Crippen LogP contribution < -0.4 is 10.4 Å². The number of fused-ring (bicyclic) bond motifs is 3. The number of hydrogen-bond donors (Lipinski definition) is 0. The molecular formula is C19H11BrO4. The molecule has 3 aromatic rings. The first-order chi connectivity index (χ1) is 11.5. The smallest absolute Gasteiger partial charge is 0.344 e. The minimum atomic E-state index is -0.454. The summed E-state index contributed by atoms with van der Waals surface area (Å²) in [6.07, 6.45) is 1.74. The van der Waals surface area contributed by atoms with Crippen molar-refractivity contribution in [2.75, 3.05) is 0 Å². The number of carbonyl (C=O) groups is 1. The maximum absolute atomic E-state index is 12.3. The third-order valence-corrected chi connectivity index (χ3v) is 4.48. The molecule has 1 aliphatic heterocycles. The Morgan fingerprint density at radius 2 is 1.79 bits per heavy atom. The van der Waals surface area contributed by atoms with Crippen LogP contribution in [0.5, 0.6) is 5.75 Å². The predicted octanol–water partition coefficient (Wildman–Crippen LogP) is 4.32. The van der Waals surface area contributed by atoms with Crippen LogP contribution in [0.4, 0.5) is 0 Å². The highest BCUT2D eigenvalue weighted by atomic mass is 79.9. The highest BCUT2D eigenvalue weighted by Crippen LogP contribution is 2.40. The molecule has 2 heterocycles. The number of aryl methyl sites for hydroxylation is 1. The van der Waals surface area contributed by atoms with E-state index in [1.807, 2.05) is 31.2 Å². The van der Waals surface area contributed by atoms with E-state index in [9.17, 15) is 9.59 Å². The fraction of sp³-hybridized carbons (Fsp3) is 0.0526. The second kappa shape index (κ2) is 5.46. The molecule has 1 aromatic heterocycles. The van der Waals surface area contributed by atoms with E-state index in [0.29, 0.717) is 22.5 Å². The van der Waals surface area contributed by atoms with Crippen molar-refractivity contribution in [2.45, 2.75) is 6.92 Å². The molecular weight excluding hydrogens is 372 g/mol. The number of carbonyl (C=O) groups excluding carboxylic acids is 1. The number of benzene rings is 2. The van der Waals surface area contributed by atoms with Gasteiger partial charge in [0.15, 0.2) is 5.58 Å². The van der Waals surface area contributed by atoms with Crippen molar-refractivity contribution in [1.29, 1.82) is 0 Å². The van der Waals surface area contributed by atoms with Gasteiger partial charge < -0.3 is 9.15 Å². The standard InChI is InChI=1S/C19H11BrO4/c1-10-8-16(21)24-18-13(10)6-7-15-17(18)14(19(22)23-15)9-11-2-4-12(20)5-3-11/h2-9H,1H3/b14-9+. The van der Waals surface area contributed by atoms with Crippen LogP contribution in [0.2, 0.25) is 0 Å². The van der Waals surface area contributed by atoms with Crippen molar-refractivity contribution in [2.24, 2.45) is 0 Å². The van der Waals surface area contributed by atoms with Gasteiger partial charge in [-0.1, -0.05) is 28.1 Å². The summed E-state index contributed by atoms with van der Waals surface area (Å²) in [5.74, 6) is -0.0471. The second-order valence-corrected chi connectivity index (χ2v) is 6.48. The summed E-state index contributed by atoms with van der Waals surface area (Å²) in [6, 6.07) is 12.5. The Kier molecular flexibility index (Phi) is 3.39. The average Bonchev–Trinajstić information content (AvgIpc) is 2.85. The molecule has 0 radical (unpaired) electrons. The van der Waals surface area contributed by atoms with Crippen LogP contribution in [0, 0.1) is 6.92 Å². The van der Waals surface area contributed by atoms with Gasteiger partial charge in [0.1, 0.15) is 5.75 Å². The number of esters is 1. The molecule has 4 rings (SSSR count). The zero-order chi connectivity index (χ0) is 16.8. The van der Waals surface area contributed by atoms with Crippen LogP contribution in [0.3, 0.4) is 0 Å². The average molecular weight is 383 g/mol. The molecule has 24 heavy (non-hydrogen) atoms. The number of ether oxygens (including phenoxy) is 1.